The van der Waals surface area contributed by atoms with Gasteiger partial charge < -0.3 is 20.1 Å². The van der Waals surface area contributed by atoms with E-state index in [0.29, 0.717) is 30.1 Å². The SMILES string of the molecule is Cl.FC(F)(F)COc1ncccc1CNC1CCCC1C1COCCN1. The Labute approximate surface area is 157 Å². The third-order valence-electron chi connectivity index (χ3n) is 4.81. The summed E-state index contributed by atoms with van der Waals surface area (Å²) in [5.41, 5.74) is 0.644. The maximum Gasteiger partial charge on any atom is 0.422 e. The highest BCUT2D eigenvalue weighted by molar-refractivity contribution is 5.85. The fraction of sp³-hybridized carbons (Fsp3) is 0.706. The monoisotopic (exact) mass is 395 g/mol. The van der Waals surface area contributed by atoms with Crippen LogP contribution in [-0.4, -0.2) is 49.6 Å². The Morgan fingerprint density at radius 2 is 2.19 bits per heavy atom. The van der Waals surface area contributed by atoms with Crippen molar-refractivity contribution in [1.82, 2.24) is 15.6 Å². The zero-order valence-corrected chi connectivity index (χ0v) is 15.2. The van der Waals surface area contributed by atoms with Crippen LogP contribution in [0.3, 0.4) is 0 Å². The van der Waals surface area contributed by atoms with E-state index in [9.17, 15) is 13.2 Å². The standard InChI is InChI=1S/C17H24F3N3O2.ClH/c18-17(19,20)11-25-16-12(3-2-6-22-16)9-23-14-5-1-4-13(14)15-10-24-8-7-21-15;/h2-3,6,13-15,21,23H,1,4-5,7-11H2;1H. The highest BCUT2D eigenvalue weighted by atomic mass is 35.5. The summed E-state index contributed by atoms with van der Waals surface area (Å²) in [7, 11) is 0. The van der Waals surface area contributed by atoms with E-state index in [1.54, 1.807) is 12.1 Å². The average Bonchev–Trinajstić information content (AvgIpc) is 3.07. The van der Waals surface area contributed by atoms with Crippen molar-refractivity contribution in [2.75, 3.05) is 26.4 Å². The van der Waals surface area contributed by atoms with E-state index in [0.717, 1.165) is 39.0 Å². The van der Waals surface area contributed by atoms with Gasteiger partial charge in [-0.2, -0.15) is 13.2 Å². The van der Waals surface area contributed by atoms with Gasteiger partial charge in [-0.15, -0.1) is 12.4 Å². The fourth-order valence-electron chi connectivity index (χ4n) is 3.66. The number of aromatic nitrogens is 1. The van der Waals surface area contributed by atoms with E-state index in [2.05, 4.69) is 15.6 Å². The quantitative estimate of drug-likeness (QED) is 0.775. The predicted molar refractivity (Wildman–Crippen MR) is 93.6 cm³/mol. The van der Waals surface area contributed by atoms with Gasteiger partial charge in [0.1, 0.15) is 0 Å². The number of ether oxygens (including phenoxy) is 2. The summed E-state index contributed by atoms with van der Waals surface area (Å²) in [4.78, 5) is 3.94. The molecule has 1 aromatic rings. The molecule has 2 fully saturated rings. The summed E-state index contributed by atoms with van der Waals surface area (Å²) in [6.45, 7) is 1.45. The number of hydrogen-bond donors (Lipinski definition) is 2. The lowest BCUT2D eigenvalue weighted by Crippen LogP contribution is -2.50. The Morgan fingerprint density at radius 3 is 2.92 bits per heavy atom. The van der Waals surface area contributed by atoms with Crippen molar-refractivity contribution in [2.45, 2.75) is 44.1 Å². The van der Waals surface area contributed by atoms with E-state index < -0.39 is 12.8 Å². The summed E-state index contributed by atoms with van der Waals surface area (Å²) < 4.78 is 47.5. The first-order valence-corrected chi connectivity index (χ1v) is 8.71. The van der Waals surface area contributed by atoms with Crippen molar-refractivity contribution in [3.05, 3.63) is 23.9 Å². The van der Waals surface area contributed by atoms with Crippen LogP contribution in [0.25, 0.3) is 0 Å². The Kier molecular flexibility index (Phi) is 7.94. The predicted octanol–water partition coefficient (Wildman–Crippen LogP) is 2.69. The number of rotatable bonds is 6. The Bertz CT molecular complexity index is 556. The maximum absolute atomic E-state index is 12.4. The second-order valence-corrected chi connectivity index (χ2v) is 6.59. The van der Waals surface area contributed by atoms with Crippen LogP contribution >= 0.6 is 12.4 Å². The Morgan fingerprint density at radius 1 is 1.35 bits per heavy atom. The number of hydrogen-bond acceptors (Lipinski definition) is 5. The minimum absolute atomic E-state index is 0. The van der Waals surface area contributed by atoms with E-state index in [1.807, 2.05) is 0 Å². The summed E-state index contributed by atoms with van der Waals surface area (Å²) >= 11 is 0. The lowest BCUT2D eigenvalue weighted by molar-refractivity contribution is -0.154. The van der Waals surface area contributed by atoms with Crippen LogP contribution in [0.4, 0.5) is 13.2 Å². The fourth-order valence-corrected chi connectivity index (χ4v) is 3.66. The molecule has 148 valence electrons. The third kappa shape index (κ3) is 5.97. The molecule has 5 nitrogen and oxygen atoms in total. The molecule has 1 aliphatic carbocycles. The molecule has 3 atom stereocenters. The molecule has 2 N–H and O–H groups in total. The largest absolute Gasteiger partial charge is 0.468 e. The zero-order valence-electron chi connectivity index (χ0n) is 14.4. The number of pyridine rings is 1. The summed E-state index contributed by atoms with van der Waals surface area (Å²) in [6, 6.07) is 4.11. The van der Waals surface area contributed by atoms with Crippen LogP contribution in [0.5, 0.6) is 5.88 Å². The van der Waals surface area contributed by atoms with Crippen LogP contribution < -0.4 is 15.4 Å². The van der Waals surface area contributed by atoms with Gasteiger partial charge in [-0.1, -0.05) is 12.5 Å². The highest BCUT2D eigenvalue weighted by Crippen LogP contribution is 2.30. The zero-order chi connectivity index (χ0) is 17.7. The van der Waals surface area contributed by atoms with Gasteiger partial charge in [0.2, 0.25) is 5.88 Å². The van der Waals surface area contributed by atoms with Crippen LogP contribution in [0, 0.1) is 5.92 Å². The second-order valence-electron chi connectivity index (χ2n) is 6.59. The van der Waals surface area contributed by atoms with Crippen LogP contribution in [-0.2, 0) is 11.3 Å². The molecular weight excluding hydrogens is 371 g/mol. The minimum atomic E-state index is -4.37. The molecule has 0 bridgehead atoms. The van der Waals surface area contributed by atoms with Crippen LogP contribution in [0.2, 0.25) is 0 Å². The Hall–Kier alpha value is -1.09. The summed E-state index contributed by atoms with van der Waals surface area (Å²) in [6.07, 6.45) is 0.401. The first-order valence-electron chi connectivity index (χ1n) is 8.71. The number of morpholine rings is 1. The number of alkyl halides is 3. The molecule has 3 rings (SSSR count). The summed E-state index contributed by atoms with van der Waals surface area (Å²) in [5, 5.41) is 7.00. The maximum atomic E-state index is 12.4. The highest BCUT2D eigenvalue weighted by Gasteiger charge is 2.34. The van der Waals surface area contributed by atoms with E-state index in [1.165, 1.54) is 6.20 Å². The van der Waals surface area contributed by atoms with Crippen molar-refractivity contribution < 1.29 is 22.6 Å². The molecule has 0 radical (unpaired) electrons. The molecule has 0 aromatic carbocycles. The number of halogens is 4. The molecular formula is C17H25ClF3N3O2. The first kappa shape index (κ1) is 21.2. The normalized spacial score (nSPS) is 26.3. The molecule has 1 saturated carbocycles. The van der Waals surface area contributed by atoms with Crippen molar-refractivity contribution in [3.8, 4) is 5.88 Å². The molecule has 9 heteroatoms. The van der Waals surface area contributed by atoms with E-state index in [-0.39, 0.29) is 18.3 Å². The van der Waals surface area contributed by atoms with Crippen molar-refractivity contribution in [1.29, 1.82) is 0 Å². The van der Waals surface area contributed by atoms with Crippen molar-refractivity contribution >= 4 is 12.4 Å². The van der Waals surface area contributed by atoms with Gasteiger partial charge in [-0.3, -0.25) is 0 Å². The number of nitrogens with one attached hydrogen (secondary N) is 2. The molecule has 1 aromatic heterocycles. The molecule has 0 spiro atoms. The van der Waals surface area contributed by atoms with E-state index >= 15 is 0 Å². The molecule has 2 aliphatic rings. The van der Waals surface area contributed by atoms with Gasteiger partial charge in [0.15, 0.2) is 6.61 Å². The third-order valence-corrected chi connectivity index (χ3v) is 4.81. The second kappa shape index (κ2) is 9.73. The Balaban J connectivity index is 0.00000243. The van der Waals surface area contributed by atoms with Gasteiger partial charge in [-0.05, 0) is 24.8 Å². The smallest absolute Gasteiger partial charge is 0.422 e. The molecule has 0 amide bonds. The number of nitrogens with zero attached hydrogens (tertiary/aromatic N) is 1. The summed E-state index contributed by atoms with van der Waals surface area (Å²) in [5.74, 6) is 0.512. The van der Waals surface area contributed by atoms with Gasteiger partial charge in [0.25, 0.3) is 0 Å². The van der Waals surface area contributed by atoms with Crippen molar-refractivity contribution in [2.24, 2.45) is 5.92 Å². The van der Waals surface area contributed by atoms with E-state index in [4.69, 9.17) is 9.47 Å². The van der Waals surface area contributed by atoms with Gasteiger partial charge in [0, 0.05) is 36.9 Å². The molecule has 2 heterocycles. The molecule has 3 unspecified atom stereocenters. The van der Waals surface area contributed by atoms with Gasteiger partial charge >= 0.3 is 6.18 Å². The minimum Gasteiger partial charge on any atom is -0.468 e. The van der Waals surface area contributed by atoms with Crippen molar-refractivity contribution in [3.63, 3.8) is 0 Å². The average molecular weight is 396 g/mol. The van der Waals surface area contributed by atoms with Crippen LogP contribution in [0.15, 0.2) is 18.3 Å². The van der Waals surface area contributed by atoms with Crippen LogP contribution in [0.1, 0.15) is 24.8 Å². The molecule has 1 aliphatic heterocycles. The molecule has 1 saturated heterocycles. The topological polar surface area (TPSA) is 55.4 Å². The molecule has 26 heavy (non-hydrogen) atoms. The van der Waals surface area contributed by atoms with Gasteiger partial charge in [-0.25, -0.2) is 4.98 Å². The van der Waals surface area contributed by atoms with Gasteiger partial charge in [0.05, 0.1) is 13.2 Å². The lowest BCUT2D eigenvalue weighted by Gasteiger charge is -2.33. The lowest BCUT2D eigenvalue weighted by atomic mass is 9.94. The first-order chi connectivity index (χ1) is 12.0.